The molecule has 0 amide bonds. The molecule has 2 nitrogen and oxygen atoms in total. The van der Waals surface area contributed by atoms with Crippen LogP contribution in [0.2, 0.25) is 0 Å². The van der Waals surface area contributed by atoms with E-state index in [0.29, 0.717) is 6.61 Å². The van der Waals surface area contributed by atoms with Crippen molar-refractivity contribution in [3.05, 3.63) is 72.3 Å². The Kier molecular flexibility index (Phi) is 3.55. The van der Waals surface area contributed by atoms with Crippen molar-refractivity contribution in [2.24, 2.45) is 0 Å². The van der Waals surface area contributed by atoms with Crippen LogP contribution < -0.4 is 9.47 Å². The molecule has 20 heavy (non-hydrogen) atoms. The Morgan fingerprint density at radius 2 is 1.60 bits per heavy atom. The second-order valence-corrected chi connectivity index (χ2v) is 4.62. The average molecular weight is 264 g/mol. The third-order valence-corrected chi connectivity index (χ3v) is 3.27. The van der Waals surface area contributed by atoms with Gasteiger partial charge in [0.1, 0.15) is 18.1 Å². The standard InChI is InChI=1S/C18H16O2/c1-19-16-11-15-9-5-6-10-17(15)18(12-16)20-13-14-7-3-2-4-8-14/h2-12H,13H2,1H3. The molecule has 0 heterocycles. The maximum Gasteiger partial charge on any atom is 0.131 e. The molecule has 0 spiro atoms. The first-order chi connectivity index (χ1) is 9.86. The summed E-state index contributed by atoms with van der Waals surface area (Å²) in [5.74, 6) is 1.66. The molecule has 0 aromatic heterocycles. The van der Waals surface area contributed by atoms with Crippen molar-refractivity contribution in [3.8, 4) is 11.5 Å². The van der Waals surface area contributed by atoms with E-state index in [1.54, 1.807) is 7.11 Å². The fourth-order valence-electron chi connectivity index (χ4n) is 2.22. The second-order valence-electron chi connectivity index (χ2n) is 4.62. The van der Waals surface area contributed by atoms with E-state index in [1.807, 2.05) is 42.5 Å². The van der Waals surface area contributed by atoms with E-state index in [0.717, 1.165) is 27.8 Å². The summed E-state index contributed by atoms with van der Waals surface area (Å²) in [7, 11) is 1.67. The van der Waals surface area contributed by atoms with Gasteiger partial charge in [-0.15, -0.1) is 0 Å². The van der Waals surface area contributed by atoms with E-state index in [4.69, 9.17) is 9.47 Å². The predicted octanol–water partition coefficient (Wildman–Crippen LogP) is 4.43. The van der Waals surface area contributed by atoms with Gasteiger partial charge in [0.05, 0.1) is 7.11 Å². The molecule has 0 radical (unpaired) electrons. The van der Waals surface area contributed by atoms with Crippen LogP contribution >= 0.6 is 0 Å². The molecule has 0 N–H and O–H groups in total. The van der Waals surface area contributed by atoms with Gasteiger partial charge in [-0.1, -0.05) is 54.6 Å². The number of methoxy groups -OCH3 is 1. The maximum absolute atomic E-state index is 5.97. The highest BCUT2D eigenvalue weighted by molar-refractivity contribution is 5.89. The first-order valence-corrected chi connectivity index (χ1v) is 6.60. The highest BCUT2D eigenvalue weighted by Gasteiger charge is 2.05. The zero-order valence-corrected chi connectivity index (χ0v) is 11.4. The fraction of sp³-hybridized carbons (Fsp3) is 0.111. The zero-order chi connectivity index (χ0) is 13.8. The Morgan fingerprint density at radius 1 is 0.850 bits per heavy atom. The second kappa shape index (κ2) is 5.66. The molecule has 2 heteroatoms. The van der Waals surface area contributed by atoms with Gasteiger partial charge >= 0.3 is 0 Å². The summed E-state index contributed by atoms with van der Waals surface area (Å²) in [4.78, 5) is 0. The third kappa shape index (κ3) is 2.59. The number of benzene rings is 3. The number of hydrogen-bond acceptors (Lipinski definition) is 2. The largest absolute Gasteiger partial charge is 0.497 e. The SMILES string of the molecule is COc1cc(OCc2ccccc2)c2ccccc2c1. The first kappa shape index (κ1) is 12.5. The monoisotopic (exact) mass is 264 g/mol. The molecule has 0 saturated heterocycles. The fourth-order valence-corrected chi connectivity index (χ4v) is 2.22. The van der Waals surface area contributed by atoms with E-state index < -0.39 is 0 Å². The summed E-state index contributed by atoms with van der Waals surface area (Å²) in [5.41, 5.74) is 1.15. The molecule has 0 unspecified atom stereocenters. The number of fused-ring (bicyclic) bond motifs is 1. The van der Waals surface area contributed by atoms with Gasteiger partial charge in [-0.05, 0) is 17.0 Å². The Hall–Kier alpha value is -2.48. The van der Waals surface area contributed by atoms with Crippen molar-refractivity contribution in [1.29, 1.82) is 0 Å². The van der Waals surface area contributed by atoms with Gasteiger partial charge in [0, 0.05) is 11.5 Å². The van der Waals surface area contributed by atoms with Crippen molar-refractivity contribution in [2.45, 2.75) is 6.61 Å². The van der Waals surface area contributed by atoms with E-state index >= 15 is 0 Å². The van der Waals surface area contributed by atoms with Crippen LogP contribution in [0.4, 0.5) is 0 Å². The van der Waals surface area contributed by atoms with E-state index in [1.165, 1.54) is 0 Å². The summed E-state index contributed by atoms with van der Waals surface area (Å²) in [6.07, 6.45) is 0. The van der Waals surface area contributed by atoms with Crippen molar-refractivity contribution in [1.82, 2.24) is 0 Å². The van der Waals surface area contributed by atoms with Gasteiger partial charge < -0.3 is 9.47 Å². The maximum atomic E-state index is 5.97. The van der Waals surface area contributed by atoms with Crippen LogP contribution in [0.15, 0.2) is 66.7 Å². The highest BCUT2D eigenvalue weighted by atomic mass is 16.5. The number of rotatable bonds is 4. The van der Waals surface area contributed by atoms with Crippen LogP contribution in [-0.4, -0.2) is 7.11 Å². The van der Waals surface area contributed by atoms with Crippen molar-refractivity contribution < 1.29 is 9.47 Å². The summed E-state index contributed by atoms with van der Waals surface area (Å²) in [6, 6.07) is 22.3. The van der Waals surface area contributed by atoms with Crippen LogP contribution in [0.25, 0.3) is 10.8 Å². The molecule has 3 aromatic rings. The van der Waals surface area contributed by atoms with Gasteiger partial charge in [-0.3, -0.25) is 0 Å². The Labute approximate surface area is 118 Å². The predicted molar refractivity (Wildman–Crippen MR) is 81.3 cm³/mol. The van der Waals surface area contributed by atoms with E-state index in [-0.39, 0.29) is 0 Å². The number of ether oxygens (including phenoxy) is 2. The van der Waals surface area contributed by atoms with Crippen molar-refractivity contribution >= 4 is 10.8 Å². The lowest BCUT2D eigenvalue weighted by Gasteiger charge is -2.11. The molecular formula is C18H16O2. The molecule has 0 fully saturated rings. The molecule has 100 valence electrons. The Morgan fingerprint density at radius 3 is 2.40 bits per heavy atom. The molecule has 0 atom stereocenters. The van der Waals surface area contributed by atoms with Crippen molar-refractivity contribution in [3.63, 3.8) is 0 Å². The molecule has 3 rings (SSSR count). The molecule has 0 aliphatic carbocycles. The summed E-state index contributed by atoms with van der Waals surface area (Å²) >= 11 is 0. The lowest BCUT2D eigenvalue weighted by Crippen LogP contribution is -1.96. The topological polar surface area (TPSA) is 18.5 Å². The lowest BCUT2D eigenvalue weighted by atomic mass is 10.1. The van der Waals surface area contributed by atoms with Crippen LogP contribution in [-0.2, 0) is 6.61 Å². The smallest absolute Gasteiger partial charge is 0.131 e. The summed E-state index contributed by atoms with van der Waals surface area (Å²) < 4.78 is 11.3. The van der Waals surface area contributed by atoms with Crippen LogP contribution in [0.3, 0.4) is 0 Å². The molecule has 0 aliphatic rings. The molecule has 3 aromatic carbocycles. The minimum atomic E-state index is 0.554. The summed E-state index contributed by atoms with van der Waals surface area (Å²) in [6.45, 7) is 0.554. The van der Waals surface area contributed by atoms with Crippen molar-refractivity contribution in [2.75, 3.05) is 7.11 Å². The van der Waals surface area contributed by atoms with Gasteiger partial charge in [-0.25, -0.2) is 0 Å². The highest BCUT2D eigenvalue weighted by Crippen LogP contribution is 2.31. The quantitative estimate of drug-likeness (QED) is 0.694. The first-order valence-electron chi connectivity index (χ1n) is 6.60. The van der Waals surface area contributed by atoms with E-state index in [2.05, 4.69) is 24.3 Å². The molecular weight excluding hydrogens is 248 g/mol. The summed E-state index contributed by atoms with van der Waals surface area (Å²) in [5, 5.41) is 2.22. The Balaban J connectivity index is 1.93. The van der Waals surface area contributed by atoms with Crippen LogP contribution in [0, 0.1) is 0 Å². The normalized spacial score (nSPS) is 10.4. The lowest BCUT2D eigenvalue weighted by molar-refractivity contribution is 0.307. The van der Waals surface area contributed by atoms with Crippen LogP contribution in [0.1, 0.15) is 5.56 Å². The zero-order valence-electron chi connectivity index (χ0n) is 11.4. The van der Waals surface area contributed by atoms with Gasteiger partial charge in [0.2, 0.25) is 0 Å². The van der Waals surface area contributed by atoms with E-state index in [9.17, 15) is 0 Å². The number of hydrogen-bond donors (Lipinski definition) is 0. The van der Waals surface area contributed by atoms with Gasteiger partial charge in [0.15, 0.2) is 0 Å². The minimum Gasteiger partial charge on any atom is -0.497 e. The molecule has 0 saturated carbocycles. The third-order valence-electron chi connectivity index (χ3n) is 3.27. The van der Waals surface area contributed by atoms with Crippen LogP contribution in [0.5, 0.6) is 11.5 Å². The molecule has 0 aliphatic heterocycles. The Bertz CT molecular complexity index is 705. The average Bonchev–Trinajstić information content (AvgIpc) is 2.53. The molecule has 0 bridgehead atoms. The van der Waals surface area contributed by atoms with Gasteiger partial charge in [-0.2, -0.15) is 0 Å². The van der Waals surface area contributed by atoms with Gasteiger partial charge in [0.25, 0.3) is 0 Å². The minimum absolute atomic E-state index is 0.554.